The molecule has 2 rings (SSSR count). The highest BCUT2D eigenvalue weighted by Crippen LogP contribution is 2.14. The van der Waals surface area contributed by atoms with Crippen LogP contribution in [0.3, 0.4) is 0 Å². The van der Waals surface area contributed by atoms with Gasteiger partial charge in [0.2, 0.25) is 0 Å². The highest BCUT2D eigenvalue weighted by Gasteiger charge is 2.26. The number of halogens is 1. The van der Waals surface area contributed by atoms with Gasteiger partial charge in [-0.1, -0.05) is 5.16 Å². The van der Waals surface area contributed by atoms with E-state index in [1.807, 2.05) is 6.92 Å². The molecule has 0 aliphatic carbocycles. The lowest BCUT2D eigenvalue weighted by Gasteiger charge is -2.37. The normalized spacial score (nSPS) is 18.6. The van der Waals surface area contributed by atoms with E-state index in [4.69, 9.17) is 10.9 Å². The smallest absolute Gasteiger partial charge is 0.255 e. The first kappa shape index (κ1) is 15.7. The molecule has 7 nitrogen and oxygen atoms in total. The van der Waals surface area contributed by atoms with Crippen molar-refractivity contribution < 1.29 is 10.0 Å². The van der Waals surface area contributed by atoms with Crippen LogP contribution in [0.1, 0.15) is 17.3 Å². The minimum absolute atomic E-state index is 0.0279. The summed E-state index contributed by atoms with van der Waals surface area (Å²) < 4.78 is 0.785. The molecule has 8 heteroatoms. The number of hydrogen-bond acceptors (Lipinski definition) is 5. The highest BCUT2D eigenvalue weighted by molar-refractivity contribution is 9.10. The van der Waals surface area contributed by atoms with Crippen molar-refractivity contribution in [3.8, 4) is 0 Å². The molecule has 0 radical (unpaired) electrons. The molecule has 3 N–H and O–H groups in total. The predicted octanol–water partition coefficient (Wildman–Crippen LogP) is 0.737. The summed E-state index contributed by atoms with van der Waals surface area (Å²) in [7, 11) is 0. The summed E-state index contributed by atoms with van der Waals surface area (Å²) >= 11 is 3.31. The van der Waals surface area contributed by atoms with E-state index in [1.54, 1.807) is 23.4 Å². The van der Waals surface area contributed by atoms with Crippen LogP contribution in [0.25, 0.3) is 0 Å². The van der Waals surface area contributed by atoms with Crippen molar-refractivity contribution in [1.29, 1.82) is 0 Å². The lowest BCUT2D eigenvalue weighted by atomic mass is 10.2. The predicted molar refractivity (Wildman–Crippen MR) is 82.3 cm³/mol. The molecule has 0 spiro atoms. The van der Waals surface area contributed by atoms with E-state index in [0.29, 0.717) is 31.7 Å². The molecule has 1 unspecified atom stereocenters. The molecule has 1 atom stereocenters. The second kappa shape index (κ2) is 6.86. The molecule has 0 bridgehead atoms. The SMILES string of the molecule is CC(C(N)=NO)N1CCN(C(=O)c2cncc(Br)c2)CC1. The minimum Gasteiger partial charge on any atom is -0.409 e. The molecule has 1 aromatic heterocycles. The largest absolute Gasteiger partial charge is 0.409 e. The van der Waals surface area contributed by atoms with Crippen molar-refractivity contribution in [2.75, 3.05) is 26.2 Å². The molecule has 114 valence electrons. The highest BCUT2D eigenvalue weighted by atomic mass is 79.9. The summed E-state index contributed by atoms with van der Waals surface area (Å²) in [4.78, 5) is 20.3. The fourth-order valence-electron chi connectivity index (χ4n) is 2.29. The zero-order chi connectivity index (χ0) is 15.4. The van der Waals surface area contributed by atoms with Crippen molar-refractivity contribution >= 4 is 27.7 Å². The Balaban J connectivity index is 1.96. The lowest BCUT2D eigenvalue weighted by Crippen LogP contribution is -2.54. The van der Waals surface area contributed by atoms with Gasteiger partial charge in [-0.15, -0.1) is 0 Å². The molecule has 21 heavy (non-hydrogen) atoms. The fourth-order valence-corrected chi connectivity index (χ4v) is 2.66. The first-order chi connectivity index (χ1) is 10.0. The van der Waals surface area contributed by atoms with Gasteiger partial charge >= 0.3 is 0 Å². The monoisotopic (exact) mass is 355 g/mol. The van der Waals surface area contributed by atoms with Gasteiger partial charge < -0.3 is 15.8 Å². The number of aromatic nitrogens is 1. The van der Waals surface area contributed by atoms with Gasteiger partial charge in [0, 0.05) is 43.0 Å². The molecule has 1 saturated heterocycles. The van der Waals surface area contributed by atoms with Crippen LogP contribution < -0.4 is 5.73 Å². The maximum absolute atomic E-state index is 12.4. The summed E-state index contributed by atoms with van der Waals surface area (Å²) in [6.07, 6.45) is 3.21. The Morgan fingerprint density at radius 3 is 2.67 bits per heavy atom. The number of pyridine rings is 1. The standard InChI is InChI=1S/C13H18BrN5O2/c1-9(12(15)17-21)18-2-4-19(5-3-18)13(20)10-6-11(14)8-16-7-10/h6-9,21H,2-5H2,1H3,(H2,15,17). The van der Waals surface area contributed by atoms with Crippen molar-refractivity contribution in [1.82, 2.24) is 14.8 Å². The molecule has 2 heterocycles. The summed E-state index contributed by atoms with van der Waals surface area (Å²) in [5.41, 5.74) is 6.19. The molecule has 1 amide bonds. The molecule has 1 aliphatic heterocycles. The van der Waals surface area contributed by atoms with Crippen LogP contribution in [0.2, 0.25) is 0 Å². The number of oxime groups is 1. The van der Waals surface area contributed by atoms with E-state index in [1.165, 1.54) is 0 Å². The third-order valence-electron chi connectivity index (χ3n) is 3.64. The summed E-state index contributed by atoms with van der Waals surface area (Å²) in [6, 6.07) is 1.63. The molecular weight excluding hydrogens is 338 g/mol. The summed E-state index contributed by atoms with van der Waals surface area (Å²) in [5.74, 6) is 0.158. The Bertz CT molecular complexity index is 543. The van der Waals surface area contributed by atoms with Gasteiger partial charge in [0.25, 0.3) is 5.91 Å². The average Bonchev–Trinajstić information content (AvgIpc) is 2.53. The van der Waals surface area contributed by atoms with E-state index in [2.05, 4.69) is 31.0 Å². The zero-order valence-electron chi connectivity index (χ0n) is 11.7. The van der Waals surface area contributed by atoms with Crippen molar-refractivity contribution in [2.24, 2.45) is 10.9 Å². The maximum atomic E-state index is 12.4. The van der Waals surface area contributed by atoms with Crippen LogP contribution >= 0.6 is 15.9 Å². The molecule has 1 aliphatic rings. The van der Waals surface area contributed by atoms with Crippen LogP contribution in [0.4, 0.5) is 0 Å². The van der Waals surface area contributed by atoms with Crippen LogP contribution in [-0.4, -0.2) is 64.0 Å². The van der Waals surface area contributed by atoms with Gasteiger partial charge in [0.05, 0.1) is 11.6 Å². The van der Waals surface area contributed by atoms with E-state index >= 15 is 0 Å². The van der Waals surface area contributed by atoms with E-state index in [-0.39, 0.29) is 17.8 Å². The fraction of sp³-hybridized carbons (Fsp3) is 0.462. The number of nitrogens with zero attached hydrogens (tertiary/aromatic N) is 4. The quantitative estimate of drug-likeness (QED) is 0.361. The lowest BCUT2D eigenvalue weighted by molar-refractivity contribution is 0.0618. The van der Waals surface area contributed by atoms with Crippen LogP contribution in [0, 0.1) is 0 Å². The van der Waals surface area contributed by atoms with E-state index in [9.17, 15) is 4.79 Å². The first-order valence-electron chi connectivity index (χ1n) is 6.64. The van der Waals surface area contributed by atoms with Crippen molar-refractivity contribution in [3.63, 3.8) is 0 Å². The minimum atomic E-state index is -0.139. The first-order valence-corrected chi connectivity index (χ1v) is 7.43. The molecule has 0 saturated carbocycles. The molecule has 1 aromatic rings. The molecular formula is C13H18BrN5O2. The van der Waals surface area contributed by atoms with E-state index < -0.39 is 0 Å². The number of hydrogen-bond donors (Lipinski definition) is 2. The zero-order valence-corrected chi connectivity index (χ0v) is 13.3. The van der Waals surface area contributed by atoms with Crippen molar-refractivity contribution in [3.05, 3.63) is 28.5 Å². The summed E-state index contributed by atoms with van der Waals surface area (Å²) in [6.45, 7) is 4.46. The Labute approximate surface area is 131 Å². The van der Waals surface area contributed by atoms with Crippen LogP contribution in [0.15, 0.2) is 28.1 Å². The number of carbonyl (C=O) groups is 1. The van der Waals surface area contributed by atoms with Gasteiger partial charge in [0.1, 0.15) is 0 Å². The number of amides is 1. The Morgan fingerprint density at radius 1 is 1.43 bits per heavy atom. The maximum Gasteiger partial charge on any atom is 0.255 e. The van der Waals surface area contributed by atoms with E-state index in [0.717, 1.165) is 4.47 Å². The Hall–Kier alpha value is -1.67. The van der Waals surface area contributed by atoms with Gasteiger partial charge in [0.15, 0.2) is 5.84 Å². The Kier molecular flexibility index (Phi) is 5.13. The van der Waals surface area contributed by atoms with Gasteiger partial charge in [-0.05, 0) is 28.9 Å². The number of piperazine rings is 1. The number of rotatable bonds is 3. The van der Waals surface area contributed by atoms with Gasteiger partial charge in [-0.3, -0.25) is 14.7 Å². The van der Waals surface area contributed by atoms with Crippen molar-refractivity contribution in [2.45, 2.75) is 13.0 Å². The second-order valence-corrected chi connectivity index (χ2v) is 5.84. The van der Waals surface area contributed by atoms with Gasteiger partial charge in [-0.2, -0.15) is 0 Å². The number of nitrogens with two attached hydrogens (primary N) is 1. The van der Waals surface area contributed by atoms with Gasteiger partial charge in [-0.25, -0.2) is 0 Å². The average molecular weight is 356 g/mol. The van der Waals surface area contributed by atoms with Crippen LogP contribution in [0.5, 0.6) is 0 Å². The second-order valence-electron chi connectivity index (χ2n) is 4.92. The molecule has 1 fully saturated rings. The third-order valence-corrected chi connectivity index (χ3v) is 4.08. The number of amidine groups is 1. The summed E-state index contributed by atoms with van der Waals surface area (Å²) in [5, 5.41) is 11.7. The third kappa shape index (κ3) is 3.70. The Morgan fingerprint density at radius 2 is 2.10 bits per heavy atom. The van der Waals surface area contributed by atoms with Crippen LogP contribution in [-0.2, 0) is 0 Å². The molecule has 0 aromatic carbocycles. The number of carbonyl (C=O) groups excluding carboxylic acids is 1. The topological polar surface area (TPSA) is 95.0 Å².